The molecule has 3 N–H and O–H groups in total. The summed E-state index contributed by atoms with van der Waals surface area (Å²) < 4.78 is 0. The van der Waals surface area contributed by atoms with Gasteiger partial charge in [0.2, 0.25) is 0 Å². The zero-order valence-corrected chi connectivity index (χ0v) is 10.4. The van der Waals surface area contributed by atoms with Gasteiger partial charge >= 0.3 is 0 Å². The maximum absolute atomic E-state index is 6.41. The van der Waals surface area contributed by atoms with Gasteiger partial charge in [0.1, 0.15) is 0 Å². The quantitative estimate of drug-likeness (QED) is 0.702. The molecule has 2 nitrogen and oxygen atoms in total. The van der Waals surface area contributed by atoms with Crippen LogP contribution in [0.15, 0.2) is 54.6 Å². The van der Waals surface area contributed by atoms with Gasteiger partial charge in [0.05, 0.1) is 6.04 Å². The molecule has 0 amide bonds. The number of hydrogen-bond donors (Lipinski definition) is 2. The fourth-order valence-corrected chi connectivity index (χ4v) is 2.53. The van der Waals surface area contributed by atoms with Gasteiger partial charge in [-0.15, -0.1) is 0 Å². The molecule has 0 aliphatic heterocycles. The second-order valence-electron chi connectivity index (χ2n) is 4.60. The van der Waals surface area contributed by atoms with Crippen molar-refractivity contribution in [2.24, 2.45) is 5.73 Å². The van der Waals surface area contributed by atoms with Gasteiger partial charge in [0, 0.05) is 22.2 Å². The summed E-state index contributed by atoms with van der Waals surface area (Å²) in [6.45, 7) is 2.08. The van der Waals surface area contributed by atoms with Gasteiger partial charge in [-0.05, 0) is 18.6 Å². The Morgan fingerprint density at radius 1 is 0.944 bits per heavy atom. The minimum absolute atomic E-state index is 0.0812. The van der Waals surface area contributed by atoms with E-state index < -0.39 is 0 Å². The van der Waals surface area contributed by atoms with Gasteiger partial charge in [-0.3, -0.25) is 0 Å². The summed E-state index contributed by atoms with van der Waals surface area (Å²) in [6.07, 6.45) is 0. The highest BCUT2D eigenvalue weighted by Gasteiger charge is 2.16. The van der Waals surface area contributed by atoms with E-state index in [0.717, 1.165) is 16.8 Å². The van der Waals surface area contributed by atoms with E-state index >= 15 is 0 Å². The standard InChI is InChI=1S/C16H16N2/c1-11-15(13-9-5-6-10-14(13)18-11)16(17)12-7-3-2-4-8-12/h2-10,16,18H,17H2,1H3. The highest BCUT2D eigenvalue weighted by atomic mass is 14.7. The highest BCUT2D eigenvalue weighted by molar-refractivity contribution is 5.85. The molecule has 1 unspecified atom stereocenters. The van der Waals surface area contributed by atoms with Crippen LogP contribution in [0.2, 0.25) is 0 Å². The zero-order chi connectivity index (χ0) is 12.5. The highest BCUT2D eigenvalue weighted by Crippen LogP contribution is 2.30. The normalized spacial score (nSPS) is 12.8. The summed E-state index contributed by atoms with van der Waals surface area (Å²) in [6, 6.07) is 18.4. The second-order valence-corrected chi connectivity index (χ2v) is 4.60. The molecular weight excluding hydrogens is 220 g/mol. The van der Waals surface area contributed by atoms with Crippen molar-refractivity contribution in [1.82, 2.24) is 4.98 Å². The van der Waals surface area contributed by atoms with Gasteiger partial charge in [0.25, 0.3) is 0 Å². The van der Waals surface area contributed by atoms with E-state index in [1.54, 1.807) is 0 Å². The average molecular weight is 236 g/mol. The Labute approximate surface area is 106 Å². The van der Waals surface area contributed by atoms with E-state index in [4.69, 9.17) is 5.73 Å². The van der Waals surface area contributed by atoms with Gasteiger partial charge < -0.3 is 10.7 Å². The fraction of sp³-hybridized carbons (Fsp3) is 0.125. The van der Waals surface area contributed by atoms with E-state index in [1.807, 2.05) is 24.3 Å². The summed E-state index contributed by atoms with van der Waals surface area (Å²) in [5.41, 5.74) is 11.0. The third-order valence-electron chi connectivity index (χ3n) is 3.41. The number of nitrogens with one attached hydrogen (secondary N) is 1. The number of para-hydroxylation sites is 1. The van der Waals surface area contributed by atoms with Crippen LogP contribution in [0.3, 0.4) is 0 Å². The summed E-state index contributed by atoms with van der Waals surface area (Å²) in [5.74, 6) is 0. The Bertz CT molecular complexity index is 668. The lowest BCUT2D eigenvalue weighted by Gasteiger charge is -2.12. The first kappa shape index (κ1) is 11.1. The zero-order valence-electron chi connectivity index (χ0n) is 10.4. The summed E-state index contributed by atoms with van der Waals surface area (Å²) in [5, 5.41) is 1.21. The van der Waals surface area contributed by atoms with Crippen molar-refractivity contribution in [1.29, 1.82) is 0 Å². The molecule has 1 aromatic heterocycles. The van der Waals surface area contributed by atoms with Crippen LogP contribution in [-0.4, -0.2) is 4.98 Å². The van der Waals surface area contributed by atoms with E-state index in [2.05, 4.69) is 42.2 Å². The van der Waals surface area contributed by atoms with Crippen LogP contribution in [0, 0.1) is 6.92 Å². The third kappa shape index (κ3) is 1.71. The number of rotatable bonds is 2. The molecule has 3 rings (SSSR count). The van der Waals surface area contributed by atoms with Gasteiger partial charge in [-0.1, -0.05) is 48.5 Å². The van der Waals surface area contributed by atoms with Crippen LogP contribution in [0.1, 0.15) is 22.9 Å². The van der Waals surface area contributed by atoms with Crippen LogP contribution >= 0.6 is 0 Å². The van der Waals surface area contributed by atoms with Crippen LogP contribution < -0.4 is 5.73 Å². The number of nitrogens with two attached hydrogens (primary N) is 1. The van der Waals surface area contributed by atoms with Crippen molar-refractivity contribution in [2.75, 3.05) is 0 Å². The van der Waals surface area contributed by atoms with Crippen molar-refractivity contribution in [3.63, 3.8) is 0 Å². The lowest BCUT2D eigenvalue weighted by atomic mass is 9.97. The van der Waals surface area contributed by atoms with Crippen molar-refractivity contribution in [3.8, 4) is 0 Å². The molecule has 90 valence electrons. The summed E-state index contributed by atoms with van der Waals surface area (Å²) in [7, 11) is 0. The molecule has 2 heteroatoms. The van der Waals surface area contributed by atoms with Crippen LogP contribution in [0.5, 0.6) is 0 Å². The number of H-pyrrole nitrogens is 1. The number of aryl methyl sites for hydroxylation is 1. The minimum Gasteiger partial charge on any atom is -0.358 e. The van der Waals surface area contributed by atoms with Crippen molar-refractivity contribution in [3.05, 3.63) is 71.4 Å². The lowest BCUT2D eigenvalue weighted by molar-refractivity contribution is 0.868. The van der Waals surface area contributed by atoms with E-state index in [-0.39, 0.29) is 6.04 Å². The summed E-state index contributed by atoms with van der Waals surface area (Å²) >= 11 is 0. The Balaban J connectivity index is 2.17. The van der Waals surface area contributed by atoms with E-state index in [9.17, 15) is 0 Å². The van der Waals surface area contributed by atoms with E-state index in [1.165, 1.54) is 10.9 Å². The molecule has 3 aromatic rings. The molecule has 1 atom stereocenters. The SMILES string of the molecule is Cc1[nH]c2ccccc2c1C(N)c1ccccc1. The predicted molar refractivity (Wildman–Crippen MR) is 75.5 cm³/mol. The molecule has 0 spiro atoms. The van der Waals surface area contributed by atoms with Crippen LogP contribution in [0.25, 0.3) is 10.9 Å². The first-order valence-corrected chi connectivity index (χ1v) is 6.15. The summed E-state index contributed by atoms with van der Waals surface area (Å²) in [4.78, 5) is 3.40. The largest absolute Gasteiger partial charge is 0.358 e. The molecule has 0 fully saturated rings. The van der Waals surface area contributed by atoms with Gasteiger partial charge in [0.15, 0.2) is 0 Å². The fourth-order valence-electron chi connectivity index (χ4n) is 2.53. The van der Waals surface area contributed by atoms with Crippen molar-refractivity contribution >= 4 is 10.9 Å². The maximum atomic E-state index is 6.41. The molecule has 0 aliphatic carbocycles. The van der Waals surface area contributed by atoms with Gasteiger partial charge in [-0.2, -0.15) is 0 Å². The predicted octanol–water partition coefficient (Wildman–Crippen LogP) is 3.52. The Hall–Kier alpha value is -2.06. The number of aromatic amines is 1. The number of benzene rings is 2. The Morgan fingerprint density at radius 2 is 1.61 bits per heavy atom. The Kier molecular flexibility index (Phi) is 2.65. The monoisotopic (exact) mass is 236 g/mol. The van der Waals surface area contributed by atoms with E-state index in [0.29, 0.717) is 0 Å². The van der Waals surface area contributed by atoms with Crippen LogP contribution in [0.4, 0.5) is 0 Å². The van der Waals surface area contributed by atoms with Crippen LogP contribution in [-0.2, 0) is 0 Å². The van der Waals surface area contributed by atoms with Crippen molar-refractivity contribution in [2.45, 2.75) is 13.0 Å². The minimum atomic E-state index is -0.0812. The third-order valence-corrected chi connectivity index (χ3v) is 3.41. The molecule has 0 aliphatic rings. The first-order chi connectivity index (χ1) is 8.77. The molecule has 0 radical (unpaired) electrons. The lowest BCUT2D eigenvalue weighted by Crippen LogP contribution is -2.12. The molecule has 0 saturated heterocycles. The number of aromatic nitrogens is 1. The molecule has 18 heavy (non-hydrogen) atoms. The second kappa shape index (κ2) is 4.31. The topological polar surface area (TPSA) is 41.8 Å². The smallest absolute Gasteiger partial charge is 0.0575 e. The molecule has 0 saturated carbocycles. The van der Waals surface area contributed by atoms with Crippen molar-refractivity contribution < 1.29 is 0 Å². The molecule has 2 aromatic carbocycles. The molecule has 1 heterocycles. The number of hydrogen-bond acceptors (Lipinski definition) is 1. The average Bonchev–Trinajstić information content (AvgIpc) is 2.75. The molecule has 0 bridgehead atoms. The number of fused-ring (bicyclic) bond motifs is 1. The Morgan fingerprint density at radius 3 is 2.39 bits per heavy atom. The van der Waals surface area contributed by atoms with Gasteiger partial charge in [-0.25, -0.2) is 0 Å². The first-order valence-electron chi connectivity index (χ1n) is 6.15. The molecular formula is C16H16N2. The maximum Gasteiger partial charge on any atom is 0.0575 e.